The number of carboxylic acid groups (broad SMARTS) is 1. The van der Waals surface area contributed by atoms with Crippen molar-refractivity contribution in [3.05, 3.63) is 0 Å². The van der Waals surface area contributed by atoms with Crippen LogP contribution in [0.4, 0.5) is 0 Å². The molecule has 1 aliphatic heterocycles. The molecule has 0 amide bonds. The Balaban J connectivity index is 2.41. The lowest BCUT2D eigenvalue weighted by molar-refractivity contribution is -0.143. The molecule has 4 nitrogen and oxygen atoms in total. The van der Waals surface area contributed by atoms with Crippen molar-refractivity contribution in [3.8, 4) is 12.3 Å². The highest BCUT2D eigenvalue weighted by molar-refractivity contribution is 5.71. The van der Waals surface area contributed by atoms with E-state index in [4.69, 9.17) is 16.3 Å². The molecule has 84 valence electrons. The summed E-state index contributed by atoms with van der Waals surface area (Å²) in [6.45, 7) is 1.64. The zero-order valence-corrected chi connectivity index (χ0v) is 8.98. The van der Waals surface area contributed by atoms with Crippen LogP contribution in [0.15, 0.2) is 0 Å². The van der Waals surface area contributed by atoms with Gasteiger partial charge in [-0.3, -0.25) is 4.79 Å². The number of unbranched alkanes of at least 4 members (excludes halogenated alkanes) is 1. The number of ether oxygens (including phenoxy) is 1. The number of terminal acetylenes is 1. The number of rotatable bonds is 5. The molecule has 0 aromatic heterocycles. The third-order valence-corrected chi connectivity index (χ3v) is 2.77. The van der Waals surface area contributed by atoms with Gasteiger partial charge in [0.2, 0.25) is 0 Å². The van der Waals surface area contributed by atoms with Crippen LogP contribution in [0.2, 0.25) is 0 Å². The first kappa shape index (κ1) is 12.0. The molecule has 1 heterocycles. The summed E-state index contributed by atoms with van der Waals surface area (Å²) in [4.78, 5) is 12.9. The number of aliphatic carboxylic acids is 1. The molecule has 15 heavy (non-hydrogen) atoms. The van der Waals surface area contributed by atoms with Gasteiger partial charge in [-0.25, -0.2) is 0 Å². The summed E-state index contributed by atoms with van der Waals surface area (Å²) in [7, 11) is 1.92. The second-order valence-corrected chi connectivity index (χ2v) is 3.84. The van der Waals surface area contributed by atoms with Gasteiger partial charge in [0, 0.05) is 12.5 Å². The minimum absolute atomic E-state index is 0.0136. The Labute approximate surface area is 90.2 Å². The van der Waals surface area contributed by atoms with Crippen molar-refractivity contribution in [3.63, 3.8) is 0 Å². The highest BCUT2D eigenvalue weighted by Gasteiger charge is 2.36. The lowest BCUT2D eigenvalue weighted by Gasteiger charge is -2.25. The predicted octanol–water partition coefficient (Wildman–Crippen LogP) is 0.431. The topological polar surface area (TPSA) is 49.8 Å². The molecule has 0 saturated carbocycles. The normalized spacial score (nSPS) is 25.4. The summed E-state index contributed by atoms with van der Waals surface area (Å²) in [5.41, 5.74) is 0. The van der Waals surface area contributed by atoms with E-state index in [1.807, 2.05) is 11.9 Å². The van der Waals surface area contributed by atoms with Crippen molar-refractivity contribution in [1.82, 2.24) is 4.90 Å². The Bertz CT molecular complexity index is 259. The van der Waals surface area contributed by atoms with Crippen LogP contribution in [0.5, 0.6) is 0 Å². The van der Waals surface area contributed by atoms with E-state index >= 15 is 0 Å². The molecule has 2 unspecified atom stereocenters. The zero-order valence-electron chi connectivity index (χ0n) is 8.98. The van der Waals surface area contributed by atoms with Crippen molar-refractivity contribution in [2.24, 2.45) is 5.92 Å². The van der Waals surface area contributed by atoms with Crippen LogP contribution in [-0.2, 0) is 9.53 Å². The molecular weight excluding hydrogens is 194 g/mol. The Morgan fingerprint density at radius 1 is 1.67 bits per heavy atom. The number of carboxylic acids is 1. The smallest absolute Gasteiger partial charge is 0.310 e. The maximum absolute atomic E-state index is 10.9. The van der Waals surface area contributed by atoms with Gasteiger partial charge < -0.3 is 14.7 Å². The van der Waals surface area contributed by atoms with Crippen molar-refractivity contribution >= 4 is 5.97 Å². The maximum Gasteiger partial charge on any atom is 0.310 e. The van der Waals surface area contributed by atoms with Gasteiger partial charge in [0.15, 0.2) is 0 Å². The zero-order chi connectivity index (χ0) is 11.3. The Hall–Kier alpha value is -1.05. The first-order valence-electron chi connectivity index (χ1n) is 5.11. The van der Waals surface area contributed by atoms with Gasteiger partial charge in [0.05, 0.1) is 19.1 Å². The van der Waals surface area contributed by atoms with Crippen molar-refractivity contribution < 1.29 is 14.6 Å². The van der Waals surface area contributed by atoms with E-state index in [1.54, 1.807) is 0 Å². The fourth-order valence-corrected chi connectivity index (χ4v) is 1.81. The van der Waals surface area contributed by atoms with Gasteiger partial charge in [-0.05, 0) is 20.0 Å². The lowest BCUT2D eigenvalue weighted by Crippen LogP contribution is -2.41. The van der Waals surface area contributed by atoms with E-state index in [-0.39, 0.29) is 6.04 Å². The number of likely N-dealkylation sites (N-methyl/N-ethyl adjacent to an activating group) is 1. The van der Waals surface area contributed by atoms with Crippen molar-refractivity contribution in [2.45, 2.75) is 18.9 Å². The molecular formula is C11H17NO3. The average molecular weight is 211 g/mol. The minimum atomic E-state index is -0.777. The van der Waals surface area contributed by atoms with Crippen LogP contribution in [0, 0.1) is 18.3 Å². The summed E-state index contributed by atoms with van der Waals surface area (Å²) in [6.07, 6.45) is 6.79. The fraction of sp³-hybridized carbons (Fsp3) is 0.727. The Kier molecular flexibility index (Phi) is 4.60. The first-order chi connectivity index (χ1) is 7.16. The summed E-state index contributed by atoms with van der Waals surface area (Å²) in [5.74, 6) is 1.39. The van der Waals surface area contributed by atoms with Gasteiger partial charge in [-0.15, -0.1) is 12.3 Å². The van der Waals surface area contributed by atoms with E-state index in [9.17, 15) is 4.79 Å². The van der Waals surface area contributed by atoms with Crippen LogP contribution in [0.25, 0.3) is 0 Å². The largest absolute Gasteiger partial charge is 0.481 e. The van der Waals surface area contributed by atoms with Crippen LogP contribution >= 0.6 is 0 Å². The summed E-state index contributed by atoms with van der Waals surface area (Å²) in [6, 6.07) is -0.0136. The van der Waals surface area contributed by atoms with Crippen LogP contribution in [0.1, 0.15) is 12.8 Å². The van der Waals surface area contributed by atoms with Gasteiger partial charge in [0.1, 0.15) is 0 Å². The summed E-state index contributed by atoms with van der Waals surface area (Å²) < 4.78 is 5.20. The van der Waals surface area contributed by atoms with Crippen molar-refractivity contribution in [2.75, 3.05) is 26.8 Å². The van der Waals surface area contributed by atoms with E-state index in [1.165, 1.54) is 0 Å². The van der Waals surface area contributed by atoms with Crippen LogP contribution in [-0.4, -0.2) is 48.8 Å². The fourth-order valence-electron chi connectivity index (χ4n) is 1.81. The quantitative estimate of drug-likeness (QED) is 0.529. The minimum Gasteiger partial charge on any atom is -0.481 e. The van der Waals surface area contributed by atoms with Gasteiger partial charge in [-0.1, -0.05) is 0 Å². The monoisotopic (exact) mass is 211 g/mol. The van der Waals surface area contributed by atoms with Gasteiger partial charge in [-0.2, -0.15) is 0 Å². The number of nitrogens with zero attached hydrogens (tertiary/aromatic N) is 1. The summed E-state index contributed by atoms with van der Waals surface area (Å²) >= 11 is 0. The molecule has 0 radical (unpaired) electrons. The van der Waals surface area contributed by atoms with E-state index in [0.29, 0.717) is 13.2 Å². The molecule has 1 aliphatic rings. The van der Waals surface area contributed by atoms with Crippen LogP contribution in [0.3, 0.4) is 0 Å². The molecule has 1 fully saturated rings. The number of carbonyl (C=O) groups is 1. The molecule has 4 heteroatoms. The highest BCUT2D eigenvalue weighted by atomic mass is 16.5. The first-order valence-corrected chi connectivity index (χ1v) is 5.11. The van der Waals surface area contributed by atoms with E-state index in [0.717, 1.165) is 19.4 Å². The third-order valence-electron chi connectivity index (χ3n) is 2.77. The molecule has 0 spiro atoms. The predicted molar refractivity (Wildman–Crippen MR) is 56.4 cm³/mol. The molecule has 1 rings (SSSR count). The molecule has 2 atom stereocenters. The second kappa shape index (κ2) is 5.74. The standard InChI is InChI=1S/C11H17NO3/c1-3-4-5-6-12(2)10-8-15-7-9(10)11(13)14/h1,9-10H,4-8H2,2H3,(H,13,14). The van der Waals surface area contributed by atoms with Gasteiger partial charge in [0.25, 0.3) is 0 Å². The SMILES string of the molecule is C#CCCCN(C)C1COCC1C(=O)O. The maximum atomic E-state index is 10.9. The molecule has 1 N–H and O–H groups in total. The molecule has 0 aromatic rings. The van der Waals surface area contributed by atoms with Crippen molar-refractivity contribution in [1.29, 1.82) is 0 Å². The molecule has 0 aromatic carbocycles. The van der Waals surface area contributed by atoms with Crippen LogP contribution < -0.4 is 0 Å². The lowest BCUT2D eigenvalue weighted by atomic mass is 10.0. The Morgan fingerprint density at radius 3 is 3.00 bits per heavy atom. The summed E-state index contributed by atoms with van der Waals surface area (Å²) in [5, 5.41) is 8.97. The number of hydrogen-bond donors (Lipinski definition) is 1. The number of hydrogen-bond acceptors (Lipinski definition) is 3. The average Bonchev–Trinajstić information content (AvgIpc) is 2.66. The molecule has 0 aliphatic carbocycles. The second-order valence-electron chi connectivity index (χ2n) is 3.84. The Morgan fingerprint density at radius 2 is 2.40 bits per heavy atom. The highest BCUT2D eigenvalue weighted by Crippen LogP contribution is 2.19. The van der Waals surface area contributed by atoms with Gasteiger partial charge >= 0.3 is 5.97 Å². The van der Waals surface area contributed by atoms with E-state index in [2.05, 4.69) is 5.92 Å². The third kappa shape index (κ3) is 3.22. The molecule has 0 bridgehead atoms. The van der Waals surface area contributed by atoms with E-state index < -0.39 is 11.9 Å². The molecule has 1 saturated heterocycles.